The highest BCUT2D eigenvalue weighted by molar-refractivity contribution is 5.88. The lowest BCUT2D eigenvalue weighted by Gasteiger charge is -2.21. The molecule has 0 aromatic carbocycles. The van der Waals surface area contributed by atoms with Crippen LogP contribution in [0.4, 0.5) is 4.79 Å². The lowest BCUT2D eigenvalue weighted by Crippen LogP contribution is -2.52. The first-order valence-corrected chi connectivity index (χ1v) is 5.88. The van der Waals surface area contributed by atoms with Crippen LogP contribution < -0.4 is 10.6 Å². The van der Waals surface area contributed by atoms with E-state index in [9.17, 15) is 14.4 Å². The van der Waals surface area contributed by atoms with E-state index in [0.717, 1.165) is 0 Å². The Bertz CT molecular complexity index is 319. The molecule has 2 atom stereocenters. The summed E-state index contributed by atoms with van der Waals surface area (Å²) < 4.78 is 0. The molecule has 3 amide bonds. The lowest BCUT2D eigenvalue weighted by atomic mass is 10.2. The Morgan fingerprint density at radius 3 is 2.17 bits per heavy atom. The fourth-order valence-electron chi connectivity index (χ4n) is 1.28. The van der Waals surface area contributed by atoms with Gasteiger partial charge in [0.25, 0.3) is 0 Å². The summed E-state index contributed by atoms with van der Waals surface area (Å²) in [6, 6.07) is -2.30. The van der Waals surface area contributed by atoms with Crippen molar-refractivity contribution in [3.05, 3.63) is 0 Å². The Morgan fingerprint density at radius 1 is 1.22 bits per heavy atom. The Kier molecular flexibility index (Phi) is 6.77. The van der Waals surface area contributed by atoms with E-state index in [2.05, 4.69) is 10.6 Å². The van der Waals surface area contributed by atoms with Gasteiger partial charge in [-0.15, -0.1) is 0 Å². The minimum Gasteiger partial charge on any atom is -0.480 e. The Hall–Kier alpha value is -1.79. The van der Waals surface area contributed by atoms with E-state index in [4.69, 9.17) is 5.11 Å². The molecule has 0 aliphatic carbocycles. The van der Waals surface area contributed by atoms with Gasteiger partial charge in [-0.05, 0) is 20.3 Å². The van der Waals surface area contributed by atoms with Gasteiger partial charge in [0.2, 0.25) is 5.91 Å². The molecular formula is C11H21N3O4. The van der Waals surface area contributed by atoms with Crippen LogP contribution >= 0.6 is 0 Å². The second kappa shape index (κ2) is 7.52. The molecule has 0 saturated heterocycles. The lowest BCUT2D eigenvalue weighted by molar-refractivity contribution is -0.139. The first-order chi connectivity index (χ1) is 8.33. The number of hydrogen-bond acceptors (Lipinski definition) is 3. The van der Waals surface area contributed by atoms with Crippen LogP contribution in [-0.2, 0) is 9.59 Å². The van der Waals surface area contributed by atoms with Crippen molar-refractivity contribution < 1.29 is 19.5 Å². The van der Waals surface area contributed by atoms with Gasteiger partial charge in [0.1, 0.15) is 12.1 Å². The summed E-state index contributed by atoms with van der Waals surface area (Å²) in [5.41, 5.74) is 0. The van der Waals surface area contributed by atoms with Crippen LogP contribution in [0.25, 0.3) is 0 Å². The molecule has 7 nitrogen and oxygen atoms in total. The number of carboxylic acids is 1. The van der Waals surface area contributed by atoms with E-state index >= 15 is 0 Å². The van der Waals surface area contributed by atoms with E-state index in [1.165, 1.54) is 4.90 Å². The minimum atomic E-state index is -1.10. The van der Waals surface area contributed by atoms with Gasteiger partial charge >= 0.3 is 12.0 Å². The van der Waals surface area contributed by atoms with Crippen molar-refractivity contribution in [2.75, 3.05) is 13.6 Å². The maximum Gasteiger partial charge on any atom is 0.326 e. The summed E-state index contributed by atoms with van der Waals surface area (Å²) in [7, 11) is 1.63. The molecule has 3 N–H and O–H groups in total. The van der Waals surface area contributed by atoms with Crippen LogP contribution in [0.2, 0.25) is 0 Å². The highest BCUT2D eigenvalue weighted by atomic mass is 16.4. The molecule has 0 aliphatic heterocycles. The third-order valence-corrected chi connectivity index (χ3v) is 2.58. The normalized spacial score (nSPS) is 13.3. The monoisotopic (exact) mass is 259 g/mol. The molecule has 104 valence electrons. The molecule has 0 bridgehead atoms. The second-order valence-electron chi connectivity index (χ2n) is 3.99. The smallest absolute Gasteiger partial charge is 0.326 e. The van der Waals surface area contributed by atoms with E-state index in [1.807, 2.05) is 6.92 Å². The van der Waals surface area contributed by atoms with E-state index in [-0.39, 0.29) is 12.3 Å². The van der Waals surface area contributed by atoms with E-state index in [0.29, 0.717) is 6.54 Å². The molecule has 7 heteroatoms. The molecule has 0 spiro atoms. The molecule has 1 unspecified atom stereocenters. The highest BCUT2D eigenvalue weighted by Gasteiger charge is 2.21. The molecular weight excluding hydrogens is 238 g/mol. The number of hydrogen-bond donors (Lipinski definition) is 3. The van der Waals surface area contributed by atoms with Gasteiger partial charge in [-0.25, -0.2) is 9.59 Å². The number of urea groups is 1. The van der Waals surface area contributed by atoms with Gasteiger partial charge < -0.3 is 20.6 Å². The van der Waals surface area contributed by atoms with Crippen molar-refractivity contribution in [1.82, 2.24) is 15.5 Å². The number of carbonyl (C=O) groups excluding carboxylic acids is 2. The third kappa shape index (κ3) is 5.03. The van der Waals surface area contributed by atoms with Crippen LogP contribution in [0.3, 0.4) is 0 Å². The predicted molar refractivity (Wildman–Crippen MR) is 66.2 cm³/mol. The Labute approximate surface area is 107 Å². The Morgan fingerprint density at radius 2 is 1.78 bits per heavy atom. The maximum absolute atomic E-state index is 11.7. The quantitative estimate of drug-likeness (QED) is 0.626. The maximum atomic E-state index is 11.7. The number of rotatable bonds is 6. The minimum absolute atomic E-state index is 0.226. The Balaban J connectivity index is 4.31. The summed E-state index contributed by atoms with van der Waals surface area (Å²) in [5.74, 6) is -1.33. The largest absolute Gasteiger partial charge is 0.480 e. The summed E-state index contributed by atoms with van der Waals surface area (Å²) in [6.07, 6.45) is 0.278. The summed E-state index contributed by atoms with van der Waals surface area (Å²) in [4.78, 5) is 35.3. The zero-order chi connectivity index (χ0) is 14.3. The molecule has 0 radical (unpaired) electrons. The first kappa shape index (κ1) is 16.2. The van der Waals surface area contributed by atoms with Gasteiger partial charge in [0.05, 0.1) is 0 Å². The fraction of sp³-hybridized carbons (Fsp3) is 0.727. The van der Waals surface area contributed by atoms with Crippen molar-refractivity contribution in [2.24, 2.45) is 0 Å². The summed E-state index contributed by atoms with van der Waals surface area (Å²) in [6.45, 7) is 5.57. The molecule has 0 rings (SSSR count). The van der Waals surface area contributed by atoms with Crippen molar-refractivity contribution >= 4 is 17.9 Å². The number of amides is 3. The molecule has 18 heavy (non-hydrogen) atoms. The molecule has 0 fully saturated rings. The predicted octanol–water partition coefficient (Wildman–Crippen LogP) is 0.0156. The number of aliphatic carboxylic acids is 1. The van der Waals surface area contributed by atoms with Gasteiger partial charge in [0.15, 0.2) is 0 Å². The van der Waals surface area contributed by atoms with Crippen molar-refractivity contribution in [2.45, 2.75) is 39.3 Å². The molecule has 0 aromatic heterocycles. The zero-order valence-corrected chi connectivity index (χ0v) is 11.2. The number of carboxylic acid groups (broad SMARTS) is 1. The van der Waals surface area contributed by atoms with Crippen LogP contribution in [0.15, 0.2) is 0 Å². The summed E-state index contributed by atoms with van der Waals surface area (Å²) >= 11 is 0. The van der Waals surface area contributed by atoms with Gasteiger partial charge in [-0.1, -0.05) is 6.92 Å². The zero-order valence-electron chi connectivity index (χ0n) is 11.2. The van der Waals surface area contributed by atoms with Gasteiger partial charge in [-0.2, -0.15) is 0 Å². The molecule has 0 aromatic rings. The number of likely N-dealkylation sites (N-methyl/N-ethyl adjacent to an activating group) is 1. The van der Waals surface area contributed by atoms with E-state index in [1.54, 1.807) is 20.9 Å². The highest BCUT2D eigenvalue weighted by Crippen LogP contribution is 1.94. The number of nitrogens with one attached hydrogen (secondary N) is 2. The van der Waals surface area contributed by atoms with Crippen LogP contribution in [-0.4, -0.2) is 53.6 Å². The summed E-state index contributed by atoms with van der Waals surface area (Å²) in [5, 5.41) is 13.5. The topological polar surface area (TPSA) is 98.7 Å². The van der Waals surface area contributed by atoms with Crippen molar-refractivity contribution in [3.8, 4) is 0 Å². The average molecular weight is 259 g/mol. The SMILES string of the molecule is CC[C@@H](NC(=O)NC(C)C(=O)N(C)CC)C(=O)O. The van der Waals surface area contributed by atoms with Gasteiger partial charge in [-0.3, -0.25) is 4.79 Å². The molecule has 0 heterocycles. The third-order valence-electron chi connectivity index (χ3n) is 2.58. The van der Waals surface area contributed by atoms with Crippen LogP contribution in [0, 0.1) is 0 Å². The average Bonchev–Trinajstić information content (AvgIpc) is 2.33. The van der Waals surface area contributed by atoms with Crippen molar-refractivity contribution in [3.63, 3.8) is 0 Å². The number of carbonyl (C=O) groups is 3. The molecule has 0 saturated carbocycles. The van der Waals surface area contributed by atoms with E-state index < -0.39 is 24.1 Å². The first-order valence-electron chi connectivity index (χ1n) is 5.88. The van der Waals surface area contributed by atoms with Crippen LogP contribution in [0.1, 0.15) is 27.2 Å². The standard InChI is InChI=1S/C11H21N3O4/c1-5-8(10(16)17)13-11(18)12-7(3)9(15)14(4)6-2/h7-8H,5-6H2,1-4H3,(H,16,17)(H2,12,13,18)/t7?,8-/m1/s1. The van der Waals surface area contributed by atoms with Gasteiger partial charge in [0, 0.05) is 13.6 Å². The fourth-order valence-corrected chi connectivity index (χ4v) is 1.28. The molecule has 0 aliphatic rings. The van der Waals surface area contributed by atoms with Crippen LogP contribution in [0.5, 0.6) is 0 Å². The number of nitrogens with zero attached hydrogens (tertiary/aromatic N) is 1. The van der Waals surface area contributed by atoms with Crippen molar-refractivity contribution in [1.29, 1.82) is 0 Å². The second-order valence-corrected chi connectivity index (χ2v) is 3.99.